The molecule has 0 N–H and O–H groups in total. The molecule has 0 saturated carbocycles. The second kappa shape index (κ2) is 5.05. The largest absolute Gasteiger partial charge is 0.510 e. The predicted molar refractivity (Wildman–Crippen MR) is 39.0 cm³/mol. The predicted octanol–water partition coefficient (Wildman–Crippen LogP) is 1.05. The highest BCUT2D eigenvalue weighted by Crippen LogP contribution is 2.47. The Hall–Kier alpha value is -0.680. The fraction of sp³-hybridized carbons (Fsp3) is 0.400. The average Bonchev–Trinajstić information content (AvgIpc) is 2.13. The minimum absolute atomic E-state index is 0.843. The third kappa shape index (κ3) is 3.64. The second-order valence-electron chi connectivity index (χ2n) is 1.49. The van der Waals surface area contributed by atoms with E-state index in [2.05, 4.69) is 25.2 Å². The summed E-state index contributed by atoms with van der Waals surface area (Å²) < 4.78 is 23.6. The maximum Gasteiger partial charge on any atom is 0.510 e. The quantitative estimate of drug-likeness (QED) is 0.283. The summed E-state index contributed by atoms with van der Waals surface area (Å²) in [5, 5.41) is 0. The highest BCUT2D eigenvalue weighted by atomic mass is 31.2. The summed E-state index contributed by atoms with van der Waals surface area (Å²) in [5.74, 6) is -0.885. The van der Waals surface area contributed by atoms with Gasteiger partial charge < -0.3 is 0 Å². The van der Waals surface area contributed by atoms with Crippen molar-refractivity contribution >= 4 is 13.8 Å². The van der Waals surface area contributed by atoms with Crippen molar-refractivity contribution < 1.29 is 28.0 Å². The number of carbonyl (C=O) groups is 1. The van der Waals surface area contributed by atoms with Crippen LogP contribution in [0.4, 0.5) is 0 Å². The topological polar surface area (TPSA) is 71.1 Å². The van der Waals surface area contributed by atoms with E-state index in [4.69, 9.17) is 0 Å². The molecular formula is C5H9O6P. The lowest BCUT2D eigenvalue weighted by atomic mass is 10.7. The zero-order chi connectivity index (χ0) is 9.61. The van der Waals surface area contributed by atoms with Crippen LogP contribution < -0.4 is 0 Å². The van der Waals surface area contributed by atoms with Gasteiger partial charge in [0.25, 0.3) is 0 Å². The number of hydrogen-bond acceptors (Lipinski definition) is 6. The zero-order valence-electron chi connectivity index (χ0n) is 6.68. The Morgan fingerprint density at radius 2 is 1.92 bits per heavy atom. The molecule has 0 aliphatic heterocycles. The fourth-order valence-electron chi connectivity index (χ4n) is 0.252. The van der Waals surface area contributed by atoms with Crippen LogP contribution in [0.25, 0.3) is 0 Å². The molecule has 0 aromatic carbocycles. The van der Waals surface area contributed by atoms with Crippen LogP contribution in [0.5, 0.6) is 0 Å². The van der Waals surface area contributed by atoms with Gasteiger partial charge in [-0.1, -0.05) is 11.3 Å². The molecule has 0 rings (SSSR count). The minimum Gasteiger partial charge on any atom is -0.288 e. The molecule has 0 amide bonds. The number of carbonyl (C=O) groups excluding carboxylic acids is 1. The van der Waals surface area contributed by atoms with Gasteiger partial charge in [0.2, 0.25) is 0 Å². The lowest BCUT2D eigenvalue weighted by Gasteiger charge is -2.09. The standard InChI is InChI=1S/C5H9O6P/c1-4-5(6)10-11-12(7,8-2)9-3/h4H,1H2,2-3H3. The third-order valence-corrected chi connectivity index (χ3v) is 1.98. The molecule has 0 spiro atoms. The smallest absolute Gasteiger partial charge is 0.288 e. The summed E-state index contributed by atoms with van der Waals surface area (Å²) in [5.41, 5.74) is 0. The van der Waals surface area contributed by atoms with Crippen molar-refractivity contribution in [2.24, 2.45) is 0 Å². The van der Waals surface area contributed by atoms with Gasteiger partial charge in [-0.15, -0.1) is 0 Å². The monoisotopic (exact) mass is 196 g/mol. The average molecular weight is 196 g/mol. The maximum absolute atomic E-state index is 11.0. The van der Waals surface area contributed by atoms with E-state index in [0.29, 0.717) is 0 Å². The molecule has 12 heavy (non-hydrogen) atoms. The van der Waals surface area contributed by atoms with E-state index in [1.54, 1.807) is 0 Å². The summed E-state index contributed by atoms with van der Waals surface area (Å²) in [6, 6.07) is 0. The molecule has 0 aliphatic carbocycles. The van der Waals surface area contributed by atoms with Crippen molar-refractivity contribution in [3.8, 4) is 0 Å². The van der Waals surface area contributed by atoms with Gasteiger partial charge in [0, 0.05) is 20.3 Å². The van der Waals surface area contributed by atoms with E-state index >= 15 is 0 Å². The van der Waals surface area contributed by atoms with E-state index in [-0.39, 0.29) is 0 Å². The fourth-order valence-corrected chi connectivity index (χ4v) is 0.687. The van der Waals surface area contributed by atoms with Gasteiger partial charge in [-0.05, 0) is 0 Å². The summed E-state index contributed by atoms with van der Waals surface area (Å²) >= 11 is 0. The number of hydrogen-bond donors (Lipinski definition) is 0. The first-order valence-electron chi connectivity index (χ1n) is 2.82. The molecule has 0 bridgehead atoms. The van der Waals surface area contributed by atoms with Crippen LogP contribution in [0.2, 0.25) is 0 Å². The van der Waals surface area contributed by atoms with Crippen molar-refractivity contribution in [1.29, 1.82) is 0 Å². The van der Waals surface area contributed by atoms with Crippen molar-refractivity contribution in [3.05, 3.63) is 12.7 Å². The van der Waals surface area contributed by atoms with Crippen LogP contribution in [0.15, 0.2) is 12.7 Å². The van der Waals surface area contributed by atoms with Gasteiger partial charge in [0.15, 0.2) is 0 Å². The first-order valence-corrected chi connectivity index (χ1v) is 4.28. The lowest BCUT2D eigenvalue weighted by Crippen LogP contribution is -2.02. The normalized spacial score (nSPS) is 10.8. The molecule has 0 heterocycles. The van der Waals surface area contributed by atoms with E-state index in [1.165, 1.54) is 0 Å². The van der Waals surface area contributed by atoms with Crippen LogP contribution in [-0.2, 0) is 28.0 Å². The Balaban J connectivity index is 3.97. The van der Waals surface area contributed by atoms with Crippen LogP contribution in [0.3, 0.4) is 0 Å². The van der Waals surface area contributed by atoms with E-state index in [1.807, 2.05) is 0 Å². The molecule has 7 heteroatoms. The molecule has 0 aromatic rings. The van der Waals surface area contributed by atoms with Crippen LogP contribution in [-0.4, -0.2) is 20.2 Å². The van der Waals surface area contributed by atoms with Crippen molar-refractivity contribution in [3.63, 3.8) is 0 Å². The van der Waals surface area contributed by atoms with Gasteiger partial charge in [-0.2, -0.15) is 0 Å². The Bertz CT molecular complexity index is 204. The van der Waals surface area contributed by atoms with Gasteiger partial charge in [-0.25, -0.2) is 9.36 Å². The highest BCUT2D eigenvalue weighted by molar-refractivity contribution is 7.48. The molecule has 0 atom stereocenters. The van der Waals surface area contributed by atoms with Gasteiger partial charge in [0.1, 0.15) is 0 Å². The van der Waals surface area contributed by atoms with Crippen molar-refractivity contribution in [2.45, 2.75) is 0 Å². The highest BCUT2D eigenvalue weighted by Gasteiger charge is 2.25. The SMILES string of the molecule is C=CC(=O)OOP(=O)(OC)OC. The maximum atomic E-state index is 11.0. The minimum atomic E-state index is -3.74. The molecule has 6 nitrogen and oxygen atoms in total. The first kappa shape index (κ1) is 11.3. The van der Waals surface area contributed by atoms with Gasteiger partial charge in [0.05, 0.1) is 0 Å². The van der Waals surface area contributed by atoms with Crippen molar-refractivity contribution in [2.75, 3.05) is 14.2 Å². The molecule has 0 saturated heterocycles. The van der Waals surface area contributed by atoms with E-state index in [9.17, 15) is 9.36 Å². The summed E-state index contributed by atoms with van der Waals surface area (Å²) in [6.07, 6.45) is 0.843. The first-order chi connectivity index (χ1) is 5.58. The Labute approximate surface area is 69.6 Å². The Morgan fingerprint density at radius 3 is 2.25 bits per heavy atom. The van der Waals surface area contributed by atoms with Crippen LogP contribution in [0, 0.1) is 0 Å². The van der Waals surface area contributed by atoms with Gasteiger partial charge in [-0.3, -0.25) is 13.9 Å². The van der Waals surface area contributed by atoms with E-state index < -0.39 is 13.8 Å². The lowest BCUT2D eigenvalue weighted by molar-refractivity contribution is -0.217. The van der Waals surface area contributed by atoms with Gasteiger partial charge >= 0.3 is 13.8 Å². The molecule has 0 radical (unpaired) electrons. The number of phosphoric acid groups is 1. The Morgan fingerprint density at radius 1 is 1.42 bits per heavy atom. The van der Waals surface area contributed by atoms with Crippen LogP contribution in [0.1, 0.15) is 0 Å². The molecule has 0 aromatic heterocycles. The third-order valence-electron chi connectivity index (χ3n) is 0.825. The summed E-state index contributed by atoms with van der Waals surface area (Å²) in [6.45, 7) is 3.09. The summed E-state index contributed by atoms with van der Waals surface area (Å²) in [7, 11) is -1.56. The molecule has 0 fully saturated rings. The zero-order valence-corrected chi connectivity index (χ0v) is 7.58. The molecule has 70 valence electrons. The number of rotatable bonds is 5. The summed E-state index contributed by atoms with van der Waals surface area (Å²) in [4.78, 5) is 14.4. The Kier molecular flexibility index (Phi) is 4.77. The number of phosphoric ester groups is 1. The molecule has 0 unspecified atom stereocenters. The van der Waals surface area contributed by atoms with E-state index in [0.717, 1.165) is 20.3 Å². The second-order valence-corrected chi connectivity index (χ2v) is 3.27. The van der Waals surface area contributed by atoms with Crippen LogP contribution >= 0.6 is 7.82 Å². The molecule has 0 aliphatic rings. The molecular weight excluding hydrogens is 187 g/mol. The van der Waals surface area contributed by atoms with Crippen molar-refractivity contribution in [1.82, 2.24) is 0 Å².